The highest BCUT2D eigenvalue weighted by Crippen LogP contribution is 2.46. The first-order valence-corrected chi connectivity index (χ1v) is 28.0. The van der Waals surface area contributed by atoms with Crippen molar-refractivity contribution in [1.29, 1.82) is 0 Å². The summed E-state index contributed by atoms with van der Waals surface area (Å²) in [6, 6.07) is 12.9. The molecule has 0 unspecified atom stereocenters. The lowest BCUT2D eigenvalue weighted by molar-refractivity contribution is 0.398. The first-order valence-electron chi connectivity index (χ1n) is 22.6. The fraction of sp³-hybridized carbons (Fsp3) is 0.356. The van der Waals surface area contributed by atoms with E-state index in [4.69, 9.17) is 33.9 Å². The lowest BCUT2D eigenvalue weighted by Crippen LogP contribution is -2.22. The van der Waals surface area contributed by atoms with Crippen molar-refractivity contribution in [2.24, 2.45) is 20.5 Å². The number of nitrogens with one attached hydrogen (secondary N) is 2. The number of anilines is 6. The molecule has 7 aromatic rings. The largest absolute Gasteiger partial charge is 0.495 e. The van der Waals surface area contributed by atoms with Crippen LogP contribution >= 0.6 is 34.8 Å². The molecule has 0 amide bonds. The lowest BCUT2D eigenvalue weighted by Gasteiger charge is -2.25. The fourth-order valence-electron chi connectivity index (χ4n) is 7.63. The fourth-order valence-corrected chi connectivity index (χ4v) is 11.8. The van der Waals surface area contributed by atoms with E-state index >= 15 is 0 Å². The Bertz CT molecular complexity index is 3200. The summed E-state index contributed by atoms with van der Waals surface area (Å²) in [7, 11) is -3.95. The minimum atomic E-state index is -4.80. The Hall–Kier alpha value is -6.56. The predicted molar refractivity (Wildman–Crippen MR) is 285 cm³/mol. The van der Waals surface area contributed by atoms with Gasteiger partial charge in [-0.1, -0.05) is 25.1 Å². The minimum absolute atomic E-state index is 0.0313. The molecule has 0 aliphatic heterocycles. The van der Waals surface area contributed by atoms with Crippen molar-refractivity contribution in [3.05, 3.63) is 48.5 Å². The van der Waals surface area contributed by atoms with Crippen molar-refractivity contribution in [3.8, 4) is 23.0 Å². The number of ether oxygens (including phenoxy) is 4. The highest BCUT2D eigenvalue weighted by Gasteiger charge is 2.27. The molecule has 3 aromatic heterocycles. The van der Waals surface area contributed by atoms with Crippen LogP contribution in [0.2, 0.25) is 0 Å². The summed E-state index contributed by atoms with van der Waals surface area (Å²) >= 11 is 3.19. The third-order valence-corrected chi connectivity index (χ3v) is 15.4. The summed E-state index contributed by atoms with van der Waals surface area (Å²) in [4.78, 5) is 17.7. The van der Waals surface area contributed by atoms with Crippen LogP contribution in [0.25, 0.3) is 21.8 Å². The van der Waals surface area contributed by atoms with Crippen LogP contribution in [0, 0.1) is 0 Å². The average Bonchev–Trinajstić information content (AvgIpc) is 3.98. The summed E-state index contributed by atoms with van der Waals surface area (Å²) in [5.74, 6) is 1.66. The first-order chi connectivity index (χ1) is 35.0. The molecule has 0 bridgehead atoms. The van der Waals surface area contributed by atoms with Crippen molar-refractivity contribution in [3.63, 3.8) is 0 Å². The van der Waals surface area contributed by atoms with Gasteiger partial charge in [-0.3, -0.25) is 9.11 Å². The van der Waals surface area contributed by atoms with Crippen LogP contribution in [0.3, 0.4) is 0 Å². The second-order valence-corrected chi connectivity index (χ2v) is 20.7. The number of methoxy groups -OCH3 is 4. The number of thioether (sulfide) groups is 1. The van der Waals surface area contributed by atoms with Gasteiger partial charge in [0.2, 0.25) is 11.9 Å². The van der Waals surface area contributed by atoms with Crippen LogP contribution in [0.15, 0.2) is 83.9 Å². The molecule has 0 radical (unpaired) electrons. The molecule has 28 heteroatoms. The molecule has 4 aromatic carbocycles. The van der Waals surface area contributed by atoms with Gasteiger partial charge in [-0.15, -0.1) is 20.5 Å². The van der Waals surface area contributed by atoms with Crippen molar-refractivity contribution in [2.75, 3.05) is 80.8 Å². The zero-order valence-corrected chi connectivity index (χ0v) is 45.3. The monoisotopic (exact) mass is 1100 g/mol. The van der Waals surface area contributed by atoms with E-state index in [1.54, 1.807) is 24.3 Å². The molecule has 0 saturated heterocycles. The molecule has 0 spiro atoms. The maximum atomic E-state index is 12.7. The Morgan fingerprint density at radius 3 is 1.36 bits per heavy atom. The van der Waals surface area contributed by atoms with Crippen LogP contribution < -0.4 is 39.4 Å². The van der Waals surface area contributed by atoms with Crippen molar-refractivity contribution >= 4 is 133 Å². The maximum Gasteiger partial charge on any atom is 0.299 e. The average molecular weight is 1100 g/mol. The van der Waals surface area contributed by atoms with Gasteiger partial charge in [0.15, 0.2) is 15.2 Å². The van der Waals surface area contributed by atoms with E-state index in [-0.39, 0.29) is 66.6 Å². The van der Waals surface area contributed by atoms with Gasteiger partial charge in [0, 0.05) is 44.1 Å². The Kier molecular flexibility index (Phi) is 17.5. The number of nitrogens with zero attached hydrogens (tertiary/aromatic N) is 11. The van der Waals surface area contributed by atoms with Crippen molar-refractivity contribution in [2.45, 2.75) is 62.4 Å². The van der Waals surface area contributed by atoms with Crippen molar-refractivity contribution in [1.82, 2.24) is 23.7 Å². The van der Waals surface area contributed by atoms with Gasteiger partial charge < -0.3 is 39.4 Å². The number of benzene rings is 4. The normalized spacial score (nSPS) is 12.0. The summed E-state index contributed by atoms with van der Waals surface area (Å²) in [5, 5.41) is 25.4. The number of aromatic nitrogens is 5. The van der Waals surface area contributed by atoms with Gasteiger partial charge in [-0.2, -0.15) is 40.5 Å². The quantitative estimate of drug-likeness (QED) is 0.0189. The van der Waals surface area contributed by atoms with Gasteiger partial charge >= 0.3 is 0 Å². The number of azo groups is 2. The number of hydrogen-bond acceptors (Lipinski definition) is 24. The van der Waals surface area contributed by atoms with Gasteiger partial charge in [-0.05, 0) is 93.6 Å². The van der Waals surface area contributed by atoms with E-state index in [0.29, 0.717) is 71.3 Å². The van der Waals surface area contributed by atoms with Gasteiger partial charge in [0.05, 0.1) is 73.0 Å². The number of hydrogen-bond donors (Lipinski definition) is 4. The minimum Gasteiger partial charge on any atom is -0.495 e. The zero-order valence-electron chi connectivity index (χ0n) is 41.2. The van der Waals surface area contributed by atoms with Gasteiger partial charge in [0.1, 0.15) is 44.2 Å². The molecule has 0 fully saturated rings. The number of fused-ring (bicyclic) bond motifs is 2. The Morgan fingerprint density at radius 2 is 1.00 bits per heavy atom. The molecule has 0 atom stereocenters. The molecule has 23 nitrogen and oxygen atoms in total. The molecule has 3 heterocycles. The first kappa shape index (κ1) is 54.2. The smallest absolute Gasteiger partial charge is 0.299 e. The molecule has 388 valence electrons. The van der Waals surface area contributed by atoms with Crippen LogP contribution in [-0.2, 0) is 20.2 Å². The molecular formula is C45H53N13O10S5. The molecule has 0 aliphatic rings. The maximum absolute atomic E-state index is 12.7. The van der Waals surface area contributed by atoms with Crippen LogP contribution in [-0.4, -0.2) is 110 Å². The third-order valence-electron chi connectivity index (χ3n) is 11.2. The van der Waals surface area contributed by atoms with E-state index in [1.807, 2.05) is 39.8 Å². The van der Waals surface area contributed by atoms with E-state index in [9.17, 15) is 25.9 Å². The van der Waals surface area contributed by atoms with E-state index < -0.39 is 30.0 Å². The molecule has 4 N–H and O–H groups in total. The van der Waals surface area contributed by atoms with Crippen LogP contribution in [0.1, 0.15) is 47.5 Å². The van der Waals surface area contributed by atoms with Crippen LogP contribution in [0.4, 0.5) is 56.0 Å². The number of unbranched alkanes of at least 4 members (excludes halogenated alkanes) is 1. The summed E-state index contributed by atoms with van der Waals surface area (Å²) in [6.45, 7) is 12.6. The topological polar surface area (TPSA) is 290 Å². The molecular weight excluding hydrogens is 1040 g/mol. The standard InChI is InChI=1S/C45H53N13O10S5/c1-10-15-20-69-45-49-43(46-27-21-31(57(11-2)12-3)35(67-8)23-29(27)51-53-41-37-25(55-70-41)16-18-33(65-6)39(37)72(59,60)61)48-44(50-45)47-28-22-32(58(13-4)14-5)36(68-9)24-30(28)52-54-42-38-26(56-71-42)17-19-34(66-7)40(38)73(62,63)64/h16-19,21-24H,10-15,20H2,1-9H3,(H,59,60,61)(H,62,63,64)(H2,46,47,48,49,50)/b53-51+,54-52+. The highest BCUT2D eigenvalue weighted by molar-refractivity contribution is 7.99. The summed E-state index contributed by atoms with van der Waals surface area (Å²) < 4.78 is 102. The number of rotatable bonds is 24. The van der Waals surface area contributed by atoms with Gasteiger partial charge in [-0.25, -0.2) is 0 Å². The summed E-state index contributed by atoms with van der Waals surface area (Å²) in [6.07, 6.45) is 1.81. The Balaban J connectivity index is 1.38. The van der Waals surface area contributed by atoms with Crippen LogP contribution in [0.5, 0.6) is 23.0 Å². The third kappa shape index (κ3) is 12.0. The predicted octanol–water partition coefficient (Wildman–Crippen LogP) is 11.5. The summed E-state index contributed by atoms with van der Waals surface area (Å²) in [5.41, 5.74) is 3.20. The lowest BCUT2D eigenvalue weighted by atomic mass is 10.2. The van der Waals surface area contributed by atoms with E-state index in [2.05, 4.69) is 56.6 Å². The van der Waals surface area contributed by atoms with Crippen molar-refractivity contribution < 1.29 is 44.9 Å². The van der Waals surface area contributed by atoms with Gasteiger partial charge in [0.25, 0.3) is 20.2 Å². The second-order valence-electron chi connectivity index (χ2n) is 15.5. The molecule has 0 saturated carbocycles. The molecule has 7 rings (SSSR count). The van der Waals surface area contributed by atoms with E-state index in [1.165, 1.54) is 52.3 Å². The zero-order chi connectivity index (χ0) is 52.6. The molecule has 0 aliphatic carbocycles. The molecule has 73 heavy (non-hydrogen) atoms. The van der Waals surface area contributed by atoms with E-state index in [0.717, 1.165) is 35.9 Å². The Labute approximate surface area is 434 Å². The SMILES string of the molecule is CCCCSc1nc(Nc2cc(N(CC)CC)c(OC)cc2/N=N/c2snc3ccc(OC)c(S(=O)(=O)O)c23)nc(Nc2cc(N(CC)CC)c(OC)cc2/N=N/c2snc3ccc(OC)c(S(=O)(=O)O)c23)n1. The highest BCUT2D eigenvalue weighted by atomic mass is 32.2. The Morgan fingerprint density at radius 1 is 0.589 bits per heavy atom. The second kappa shape index (κ2) is 23.5.